The van der Waals surface area contributed by atoms with Crippen molar-refractivity contribution in [1.82, 2.24) is 0 Å². The zero-order valence-electron chi connectivity index (χ0n) is 10.9. The molecular formula is C15H18O2S. The maximum Gasteiger partial charge on any atom is 0.119 e. The number of hydrogen-bond acceptors (Lipinski definition) is 3. The summed E-state index contributed by atoms with van der Waals surface area (Å²) in [6, 6.07) is 9.92. The number of rotatable bonds is 4. The first-order valence-corrected chi connectivity index (χ1v) is 6.79. The van der Waals surface area contributed by atoms with E-state index in [1.165, 1.54) is 10.4 Å². The zero-order valence-corrected chi connectivity index (χ0v) is 11.8. The maximum absolute atomic E-state index is 10.2. The summed E-state index contributed by atoms with van der Waals surface area (Å²) in [6.07, 6.45) is 0.186. The van der Waals surface area contributed by atoms with E-state index >= 15 is 0 Å². The van der Waals surface area contributed by atoms with Crippen LogP contribution in [-0.2, 0) is 6.42 Å². The van der Waals surface area contributed by atoms with Crippen LogP contribution in [0.4, 0.5) is 0 Å². The number of aryl methyl sites for hydroxylation is 2. The Bertz CT molecular complexity index is 512. The lowest BCUT2D eigenvalue weighted by Crippen LogP contribution is -1.99. The van der Waals surface area contributed by atoms with E-state index < -0.39 is 6.10 Å². The van der Waals surface area contributed by atoms with Gasteiger partial charge in [-0.15, -0.1) is 11.3 Å². The van der Waals surface area contributed by atoms with E-state index in [0.29, 0.717) is 6.42 Å². The van der Waals surface area contributed by atoms with Crippen molar-refractivity contribution in [3.63, 3.8) is 0 Å². The monoisotopic (exact) mass is 262 g/mol. The van der Waals surface area contributed by atoms with Crippen LogP contribution in [0.2, 0.25) is 0 Å². The highest BCUT2D eigenvalue weighted by Crippen LogP contribution is 2.29. The maximum atomic E-state index is 10.2. The molecule has 0 aliphatic carbocycles. The summed E-state index contributed by atoms with van der Waals surface area (Å²) < 4.78 is 5.19. The van der Waals surface area contributed by atoms with Crippen LogP contribution in [0.5, 0.6) is 5.75 Å². The van der Waals surface area contributed by atoms with E-state index in [1.54, 1.807) is 18.4 Å². The van der Waals surface area contributed by atoms with Crippen LogP contribution in [0, 0.1) is 13.8 Å². The molecular weight excluding hydrogens is 244 g/mol. The van der Waals surface area contributed by atoms with Crippen LogP contribution in [0.1, 0.15) is 27.0 Å². The Hall–Kier alpha value is -1.32. The molecule has 0 bridgehead atoms. The molecule has 1 aromatic carbocycles. The molecule has 0 aliphatic heterocycles. The first-order valence-electron chi connectivity index (χ1n) is 5.98. The van der Waals surface area contributed by atoms with Crippen molar-refractivity contribution < 1.29 is 9.84 Å². The molecule has 3 heteroatoms. The van der Waals surface area contributed by atoms with Gasteiger partial charge in [-0.25, -0.2) is 0 Å². The highest BCUT2D eigenvalue weighted by Gasteiger charge is 2.12. The molecule has 2 nitrogen and oxygen atoms in total. The molecule has 1 unspecified atom stereocenters. The minimum Gasteiger partial charge on any atom is -0.497 e. The van der Waals surface area contributed by atoms with Crippen molar-refractivity contribution in [3.05, 3.63) is 51.2 Å². The Morgan fingerprint density at radius 2 is 2.06 bits per heavy atom. The van der Waals surface area contributed by atoms with Crippen molar-refractivity contribution in [2.24, 2.45) is 0 Å². The number of ether oxygens (including phenoxy) is 1. The minimum atomic E-state index is -0.436. The topological polar surface area (TPSA) is 29.5 Å². The first kappa shape index (κ1) is 13.1. The van der Waals surface area contributed by atoms with Gasteiger partial charge in [0.1, 0.15) is 5.75 Å². The van der Waals surface area contributed by atoms with Crippen molar-refractivity contribution in [3.8, 4) is 5.75 Å². The summed E-state index contributed by atoms with van der Waals surface area (Å²) in [5.74, 6) is 0.832. The number of methoxy groups -OCH3 is 1. The van der Waals surface area contributed by atoms with Crippen LogP contribution < -0.4 is 4.74 Å². The third-order valence-corrected chi connectivity index (χ3v) is 4.33. The molecule has 0 saturated carbocycles. The van der Waals surface area contributed by atoms with Gasteiger partial charge in [0.05, 0.1) is 13.2 Å². The van der Waals surface area contributed by atoms with Crippen molar-refractivity contribution in [2.45, 2.75) is 26.4 Å². The summed E-state index contributed by atoms with van der Waals surface area (Å²) in [4.78, 5) is 2.31. The lowest BCUT2D eigenvalue weighted by atomic mass is 10.1. The fourth-order valence-electron chi connectivity index (χ4n) is 1.89. The molecule has 1 atom stereocenters. The molecule has 0 amide bonds. The molecule has 18 heavy (non-hydrogen) atoms. The van der Waals surface area contributed by atoms with Crippen molar-refractivity contribution >= 4 is 11.3 Å². The van der Waals surface area contributed by atoms with Crippen molar-refractivity contribution in [2.75, 3.05) is 7.11 Å². The van der Waals surface area contributed by atoms with Gasteiger partial charge in [-0.1, -0.05) is 12.1 Å². The Morgan fingerprint density at radius 3 is 2.67 bits per heavy atom. The molecule has 0 fully saturated rings. The molecule has 96 valence electrons. The predicted molar refractivity (Wildman–Crippen MR) is 75.5 cm³/mol. The average molecular weight is 262 g/mol. The molecule has 1 N–H and O–H groups in total. The molecule has 0 radical (unpaired) electrons. The van der Waals surface area contributed by atoms with E-state index in [0.717, 1.165) is 16.2 Å². The van der Waals surface area contributed by atoms with Crippen LogP contribution in [-0.4, -0.2) is 12.2 Å². The average Bonchev–Trinajstić information content (AvgIpc) is 2.70. The van der Waals surface area contributed by atoms with E-state index in [4.69, 9.17) is 4.74 Å². The summed E-state index contributed by atoms with van der Waals surface area (Å²) in [6.45, 7) is 4.16. The lowest BCUT2D eigenvalue weighted by Gasteiger charge is -2.09. The number of hydrogen-bond donors (Lipinski definition) is 1. The highest BCUT2D eigenvalue weighted by atomic mass is 32.1. The van der Waals surface area contributed by atoms with Gasteiger partial charge in [-0.05, 0) is 43.2 Å². The van der Waals surface area contributed by atoms with E-state index in [9.17, 15) is 5.11 Å². The van der Waals surface area contributed by atoms with Crippen LogP contribution in [0.3, 0.4) is 0 Å². The molecule has 2 rings (SSSR count). The fraction of sp³-hybridized carbons (Fsp3) is 0.333. The second-order valence-electron chi connectivity index (χ2n) is 4.46. The highest BCUT2D eigenvalue weighted by molar-refractivity contribution is 7.12. The molecule has 0 saturated heterocycles. The van der Waals surface area contributed by atoms with Crippen LogP contribution in [0.25, 0.3) is 0 Å². The molecule has 1 heterocycles. The molecule has 2 aromatic rings. The SMILES string of the molecule is COc1cccc(CC(O)c2cc(C)c(C)s2)c1. The van der Waals surface area contributed by atoms with Crippen LogP contribution >= 0.6 is 11.3 Å². The first-order chi connectivity index (χ1) is 8.60. The Labute approximate surface area is 112 Å². The molecule has 0 spiro atoms. The van der Waals surface area contributed by atoms with Gasteiger partial charge in [0.25, 0.3) is 0 Å². The van der Waals surface area contributed by atoms with Gasteiger partial charge < -0.3 is 9.84 Å². The summed E-state index contributed by atoms with van der Waals surface area (Å²) in [5.41, 5.74) is 2.34. The number of thiophene rings is 1. The second-order valence-corrected chi connectivity index (χ2v) is 5.75. The fourth-order valence-corrected chi connectivity index (χ4v) is 2.92. The Balaban J connectivity index is 2.13. The third-order valence-electron chi connectivity index (χ3n) is 3.08. The minimum absolute atomic E-state index is 0.436. The summed E-state index contributed by atoms with van der Waals surface area (Å²) in [7, 11) is 1.65. The van der Waals surface area contributed by atoms with Gasteiger partial charge in [-0.3, -0.25) is 0 Å². The quantitative estimate of drug-likeness (QED) is 0.911. The second kappa shape index (κ2) is 5.55. The Morgan fingerprint density at radius 1 is 1.28 bits per heavy atom. The predicted octanol–water partition coefficient (Wildman–Crippen LogP) is 3.65. The molecule has 1 aromatic heterocycles. The lowest BCUT2D eigenvalue weighted by molar-refractivity contribution is 0.182. The third kappa shape index (κ3) is 2.92. The molecule has 0 aliphatic rings. The van der Waals surface area contributed by atoms with E-state index in [-0.39, 0.29) is 0 Å². The summed E-state index contributed by atoms with van der Waals surface area (Å²) in [5, 5.41) is 10.2. The number of aliphatic hydroxyl groups is 1. The largest absolute Gasteiger partial charge is 0.497 e. The zero-order chi connectivity index (χ0) is 13.1. The van der Waals surface area contributed by atoms with Gasteiger partial charge >= 0.3 is 0 Å². The summed E-state index contributed by atoms with van der Waals surface area (Å²) >= 11 is 1.67. The van der Waals surface area contributed by atoms with Gasteiger partial charge in [0.2, 0.25) is 0 Å². The number of aliphatic hydroxyl groups excluding tert-OH is 1. The smallest absolute Gasteiger partial charge is 0.119 e. The Kier molecular flexibility index (Phi) is 4.04. The van der Waals surface area contributed by atoms with Gasteiger partial charge in [-0.2, -0.15) is 0 Å². The van der Waals surface area contributed by atoms with E-state index in [1.807, 2.05) is 24.3 Å². The van der Waals surface area contributed by atoms with Gasteiger partial charge in [0.15, 0.2) is 0 Å². The van der Waals surface area contributed by atoms with Crippen LogP contribution in [0.15, 0.2) is 30.3 Å². The standard InChI is InChI=1S/C15H18O2S/c1-10-7-15(18-11(10)2)14(16)9-12-5-4-6-13(8-12)17-3/h4-8,14,16H,9H2,1-3H3. The number of benzene rings is 1. The van der Waals surface area contributed by atoms with Gasteiger partial charge in [0, 0.05) is 16.2 Å². The van der Waals surface area contributed by atoms with E-state index in [2.05, 4.69) is 19.9 Å². The normalized spacial score (nSPS) is 12.4. The van der Waals surface area contributed by atoms with Crippen molar-refractivity contribution in [1.29, 1.82) is 0 Å².